The molecule has 94 valence electrons. The molecule has 0 radical (unpaired) electrons. The molecule has 6 nitrogen and oxygen atoms in total. The first kappa shape index (κ1) is 10.3. The van der Waals surface area contributed by atoms with Crippen LogP contribution in [-0.4, -0.2) is 25.9 Å². The number of carbonyl (C=O) groups is 1. The van der Waals surface area contributed by atoms with E-state index >= 15 is 0 Å². The van der Waals surface area contributed by atoms with Gasteiger partial charge in [-0.25, -0.2) is 4.68 Å². The minimum Gasteiger partial charge on any atom is -0.346 e. The quantitative estimate of drug-likeness (QED) is 0.686. The van der Waals surface area contributed by atoms with Crippen molar-refractivity contribution in [3.05, 3.63) is 41.3 Å². The molecule has 0 saturated carbocycles. The summed E-state index contributed by atoms with van der Waals surface area (Å²) in [6.07, 6.45) is 1.78. The maximum absolute atomic E-state index is 11.7. The second kappa shape index (κ2) is 3.44. The number of hydrogen-bond acceptors (Lipinski definition) is 3. The molecule has 0 fully saturated rings. The van der Waals surface area contributed by atoms with E-state index in [1.165, 1.54) is 0 Å². The number of nitrogens with zero attached hydrogens (tertiary/aromatic N) is 3. The second-order valence-electron chi connectivity index (χ2n) is 4.64. The molecule has 1 aliphatic rings. The van der Waals surface area contributed by atoms with E-state index in [0.29, 0.717) is 12.1 Å². The highest BCUT2D eigenvalue weighted by Gasteiger charge is 2.27. The van der Waals surface area contributed by atoms with E-state index in [1.807, 2.05) is 29.8 Å². The van der Waals surface area contributed by atoms with Crippen LogP contribution in [0.1, 0.15) is 21.7 Å². The highest BCUT2D eigenvalue weighted by molar-refractivity contribution is 5.99. The van der Waals surface area contributed by atoms with Gasteiger partial charge in [0.1, 0.15) is 0 Å². The van der Waals surface area contributed by atoms with Crippen molar-refractivity contribution in [2.75, 3.05) is 0 Å². The molecule has 1 aromatic carbocycles. The lowest BCUT2D eigenvalue weighted by Crippen LogP contribution is -2.15. The summed E-state index contributed by atoms with van der Waals surface area (Å²) >= 11 is 0. The number of aryl methyl sites for hydroxylation is 1. The van der Waals surface area contributed by atoms with Gasteiger partial charge in [0.15, 0.2) is 0 Å². The van der Waals surface area contributed by atoms with Gasteiger partial charge in [-0.05, 0) is 25.1 Å². The molecule has 6 heteroatoms. The van der Waals surface area contributed by atoms with Gasteiger partial charge in [-0.3, -0.25) is 9.89 Å². The summed E-state index contributed by atoms with van der Waals surface area (Å²) in [7, 11) is 0. The molecule has 19 heavy (non-hydrogen) atoms. The van der Waals surface area contributed by atoms with E-state index in [2.05, 4.69) is 20.6 Å². The van der Waals surface area contributed by atoms with Crippen molar-refractivity contribution in [1.29, 1.82) is 0 Å². The van der Waals surface area contributed by atoms with Crippen LogP contribution in [0, 0.1) is 6.92 Å². The minimum absolute atomic E-state index is 0.0388. The zero-order valence-corrected chi connectivity index (χ0v) is 10.3. The van der Waals surface area contributed by atoms with Gasteiger partial charge in [0.05, 0.1) is 40.9 Å². The number of fused-ring (bicyclic) bond motifs is 2. The Balaban J connectivity index is 1.95. The van der Waals surface area contributed by atoms with Gasteiger partial charge < -0.3 is 5.32 Å². The van der Waals surface area contributed by atoms with Gasteiger partial charge in [-0.15, -0.1) is 0 Å². The lowest BCUT2D eigenvalue weighted by Gasteiger charge is -2.05. The summed E-state index contributed by atoms with van der Waals surface area (Å²) in [5, 5.41) is 15.2. The first-order valence-corrected chi connectivity index (χ1v) is 6.04. The lowest BCUT2D eigenvalue weighted by molar-refractivity contribution is 0.0965. The topological polar surface area (TPSA) is 75.6 Å². The SMILES string of the molecule is Cc1nn(-c2ccc3[nH]ncc3c2)c2c1C(=O)NC2. The third-order valence-electron chi connectivity index (χ3n) is 3.47. The maximum atomic E-state index is 11.7. The molecular formula is C13H11N5O. The molecule has 0 aliphatic carbocycles. The number of amides is 1. The Morgan fingerprint density at radius 3 is 3.16 bits per heavy atom. The lowest BCUT2D eigenvalue weighted by atomic mass is 10.2. The highest BCUT2D eigenvalue weighted by Crippen LogP contribution is 2.24. The third-order valence-corrected chi connectivity index (χ3v) is 3.47. The Hall–Kier alpha value is -2.63. The molecule has 1 aliphatic heterocycles. The van der Waals surface area contributed by atoms with Crippen molar-refractivity contribution in [1.82, 2.24) is 25.3 Å². The van der Waals surface area contributed by atoms with Gasteiger partial charge in [0.2, 0.25) is 0 Å². The smallest absolute Gasteiger partial charge is 0.255 e. The van der Waals surface area contributed by atoms with Crippen LogP contribution in [-0.2, 0) is 6.54 Å². The van der Waals surface area contributed by atoms with Crippen LogP contribution in [0.5, 0.6) is 0 Å². The van der Waals surface area contributed by atoms with Crippen LogP contribution < -0.4 is 5.32 Å². The number of aromatic nitrogens is 4. The summed E-state index contributed by atoms with van der Waals surface area (Å²) in [6.45, 7) is 2.38. The van der Waals surface area contributed by atoms with Gasteiger partial charge >= 0.3 is 0 Å². The predicted molar refractivity (Wildman–Crippen MR) is 69.1 cm³/mol. The van der Waals surface area contributed by atoms with Crippen molar-refractivity contribution >= 4 is 16.8 Å². The molecule has 2 aromatic heterocycles. The number of hydrogen-bond donors (Lipinski definition) is 2. The maximum Gasteiger partial charge on any atom is 0.255 e. The highest BCUT2D eigenvalue weighted by atomic mass is 16.2. The van der Waals surface area contributed by atoms with E-state index in [-0.39, 0.29) is 5.91 Å². The molecule has 3 aromatic rings. The van der Waals surface area contributed by atoms with Crippen LogP contribution in [0.25, 0.3) is 16.6 Å². The van der Waals surface area contributed by atoms with Crippen LogP contribution >= 0.6 is 0 Å². The monoisotopic (exact) mass is 253 g/mol. The van der Waals surface area contributed by atoms with E-state index in [4.69, 9.17) is 0 Å². The number of benzene rings is 1. The second-order valence-corrected chi connectivity index (χ2v) is 4.64. The van der Waals surface area contributed by atoms with Crippen LogP contribution in [0.2, 0.25) is 0 Å². The number of carbonyl (C=O) groups excluding carboxylic acids is 1. The average Bonchev–Trinajstić information content (AvgIpc) is 3.07. The van der Waals surface area contributed by atoms with Gasteiger partial charge in [0, 0.05) is 5.39 Å². The van der Waals surface area contributed by atoms with E-state index in [9.17, 15) is 4.79 Å². The summed E-state index contributed by atoms with van der Waals surface area (Å²) < 4.78 is 1.83. The largest absolute Gasteiger partial charge is 0.346 e. The Kier molecular flexibility index (Phi) is 1.87. The Morgan fingerprint density at radius 1 is 1.37 bits per heavy atom. The fraction of sp³-hybridized carbons (Fsp3) is 0.154. The molecule has 0 spiro atoms. The zero-order valence-electron chi connectivity index (χ0n) is 10.3. The Morgan fingerprint density at radius 2 is 2.26 bits per heavy atom. The first-order valence-electron chi connectivity index (χ1n) is 6.04. The van der Waals surface area contributed by atoms with Gasteiger partial charge in [0.25, 0.3) is 5.91 Å². The molecule has 0 atom stereocenters. The normalized spacial score (nSPS) is 13.8. The molecule has 4 rings (SSSR count). The van der Waals surface area contributed by atoms with Crippen molar-refractivity contribution < 1.29 is 4.79 Å². The molecule has 1 amide bonds. The number of rotatable bonds is 1. The fourth-order valence-corrected chi connectivity index (χ4v) is 2.56. The number of H-pyrrole nitrogens is 1. The van der Waals surface area contributed by atoms with Crippen LogP contribution in [0.3, 0.4) is 0 Å². The summed E-state index contributed by atoms with van der Waals surface area (Å²) in [5.41, 5.74) is 4.31. The average molecular weight is 253 g/mol. The molecule has 0 unspecified atom stereocenters. The summed E-state index contributed by atoms with van der Waals surface area (Å²) in [5.74, 6) is -0.0388. The minimum atomic E-state index is -0.0388. The molecule has 2 N–H and O–H groups in total. The van der Waals surface area contributed by atoms with Gasteiger partial charge in [-0.1, -0.05) is 0 Å². The van der Waals surface area contributed by atoms with Crippen molar-refractivity contribution in [2.24, 2.45) is 0 Å². The van der Waals surface area contributed by atoms with E-state index in [1.54, 1.807) is 6.20 Å². The Bertz CT molecular complexity index is 814. The molecular weight excluding hydrogens is 242 g/mol. The number of aromatic amines is 1. The van der Waals surface area contributed by atoms with Crippen LogP contribution in [0.4, 0.5) is 0 Å². The third kappa shape index (κ3) is 1.33. The van der Waals surface area contributed by atoms with E-state index < -0.39 is 0 Å². The summed E-state index contributed by atoms with van der Waals surface area (Å²) in [6, 6.07) is 5.94. The van der Waals surface area contributed by atoms with Crippen molar-refractivity contribution in [2.45, 2.75) is 13.5 Å². The van der Waals surface area contributed by atoms with E-state index in [0.717, 1.165) is 28.0 Å². The van der Waals surface area contributed by atoms with Crippen LogP contribution in [0.15, 0.2) is 24.4 Å². The fourth-order valence-electron chi connectivity index (χ4n) is 2.56. The predicted octanol–water partition coefficient (Wildman–Crippen LogP) is 1.30. The van der Waals surface area contributed by atoms with Gasteiger partial charge in [-0.2, -0.15) is 10.2 Å². The molecule has 0 saturated heterocycles. The number of nitrogens with one attached hydrogen (secondary N) is 2. The van der Waals surface area contributed by atoms with Crippen molar-refractivity contribution in [3.8, 4) is 5.69 Å². The molecule has 3 heterocycles. The summed E-state index contributed by atoms with van der Waals surface area (Å²) in [4.78, 5) is 11.7. The van der Waals surface area contributed by atoms with Crippen molar-refractivity contribution in [3.63, 3.8) is 0 Å². The first-order chi connectivity index (χ1) is 9.24. The zero-order chi connectivity index (χ0) is 13.0. The Labute approximate surface area is 108 Å². The molecule has 0 bridgehead atoms. The standard InChI is InChI=1S/C13H11N5O/c1-7-12-11(6-14-13(12)19)18(17-7)9-2-3-10-8(4-9)5-15-16-10/h2-5H,6H2,1H3,(H,14,19)(H,15,16).